The first kappa shape index (κ1) is 18.3. The third-order valence-corrected chi connectivity index (χ3v) is 4.10. The van der Waals surface area contributed by atoms with Gasteiger partial charge in [0.15, 0.2) is 0 Å². The number of hydrogen-bond donors (Lipinski definition) is 1. The van der Waals surface area contributed by atoms with E-state index < -0.39 is 0 Å². The summed E-state index contributed by atoms with van der Waals surface area (Å²) in [6, 6.07) is 18.4. The highest BCUT2D eigenvalue weighted by Gasteiger charge is 2.18. The number of methoxy groups -OCH3 is 2. The molecule has 1 atom stereocenters. The summed E-state index contributed by atoms with van der Waals surface area (Å²) < 4.78 is 16.1. The smallest absolute Gasteiger partial charge is 0.244 e. The number of benzene rings is 2. The maximum absolute atomic E-state index is 12.5. The molecule has 0 fully saturated rings. The highest BCUT2D eigenvalue weighted by molar-refractivity contribution is 5.92. The van der Waals surface area contributed by atoms with Crippen LogP contribution in [-0.4, -0.2) is 20.1 Å². The minimum atomic E-state index is -0.370. The molecule has 0 saturated carbocycles. The lowest BCUT2D eigenvalue weighted by molar-refractivity contribution is -0.117. The summed E-state index contributed by atoms with van der Waals surface area (Å²) in [5.41, 5.74) is 1.69. The second-order valence-electron chi connectivity index (χ2n) is 5.81. The van der Waals surface area contributed by atoms with Crippen molar-refractivity contribution >= 4 is 12.0 Å². The van der Waals surface area contributed by atoms with Crippen LogP contribution in [0.4, 0.5) is 0 Å². The van der Waals surface area contributed by atoms with E-state index in [1.807, 2.05) is 42.5 Å². The minimum Gasteiger partial charge on any atom is -0.497 e. The molecule has 0 aliphatic rings. The quantitative estimate of drug-likeness (QED) is 0.639. The van der Waals surface area contributed by atoms with E-state index in [4.69, 9.17) is 13.9 Å². The number of nitrogens with one attached hydrogen (secondary N) is 1. The normalized spacial score (nSPS) is 11.9. The Morgan fingerprint density at radius 1 is 1.04 bits per heavy atom. The van der Waals surface area contributed by atoms with E-state index in [1.165, 1.54) is 6.08 Å². The number of carbonyl (C=O) groups excluding carboxylic acids is 1. The highest BCUT2D eigenvalue weighted by Crippen LogP contribution is 2.25. The van der Waals surface area contributed by atoms with Crippen LogP contribution in [0.5, 0.6) is 11.5 Å². The SMILES string of the molecule is COc1ccc(OC)c(/C=C/C(=O)N[C@H](c2ccccc2)c2ccco2)c1. The van der Waals surface area contributed by atoms with Gasteiger partial charge in [0.25, 0.3) is 0 Å². The van der Waals surface area contributed by atoms with Crippen molar-refractivity contribution in [1.82, 2.24) is 5.32 Å². The number of carbonyl (C=O) groups is 1. The van der Waals surface area contributed by atoms with E-state index in [2.05, 4.69) is 5.32 Å². The molecule has 5 nitrogen and oxygen atoms in total. The number of hydrogen-bond acceptors (Lipinski definition) is 4. The lowest BCUT2D eigenvalue weighted by Crippen LogP contribution is -2.27. The first-order valence-corrected chi connectivity index (χ1v) is 8.50. The molecule has 0 bridgehead atoms. The van der Waals surface area contributed by atoms with Crippen molar-refractivity contribution in [1.29, 1.82) is 0 Å². The van der Waals surface area contributed by atoms with Crippen molar-refractivity contribution in [2.24, 2.45) is 0 Å². The van der Waals surface area contributed by atoms with Crippen molar-refractivity contribution in [3.8, 4) is 11.5 Å². The number of amides is 1. The van der Waals surface area contributed by atoms with E-state index in [9.17, 15) is 4.79 Å². The molecule has 5 heteroatoms. The molecule has 138 valence electrons. The molecule has 0 aliphatic carbocycles. The average molecular weight is 363 g/mol. The summed E-state index contributed by atoms with van der Waals surface area (Å²) in [6.45, 7) is 0. The Balaban J connectivity index is 1.80. The van der Waals surface area contributed by atoms with Gasteiger partial charge in [0.05, 0.1) is 20.5 Å². The van der Waals surface area contributed by atoms with Gasteiger partial charge in [-0.3, -0.25) is 4.79 Å². The molecular weight excluding hydrogens is 342 g/mol. The van der Waals surface area contributed by atoms with E-state index in [0.717, 1.165) is 11.1 Å². The van der Waals surface area contributed by atoms with Gasteiger partial charge in [-0.05, 0) is 42.0 Å². The van der Waals surface area contributed by atoms with Crippen LogP contribution in [0.1, 0.15) is 22.9 Å². The molecule has 1 heterocycles. The first-order chi connectivity index (χ1) is 13.2. The van der Waals surface area contributed by atoms with E-state index in [1.54, 1.807) is 44.8 Å². The third kappa shape index (κ3) is 4.58. The van der Waals surface area contributed by atoms with Gasteiger partial charge in [-0.25, -0.2) is 0 Å². The fourth-order valence-corrected chi connectivity index (χ4v) is 2.75. The lowest BCUT2D eigenvalue weighted by atomic mass is 10.0. The van der Waals surface area contributed by atoms with Gasteiger partial charge in [0.2, 0.25) is 5.91 Å². The Morgan fingerprint density at radius 3 is 2.52 bits per heavy atom. The van der Waals surface area contributed by atoms with Crippen LogP contribution in [0, 0.1) is 0 Å². The van der Waals surface area contributed by atoms with E-state index >= 15 is 0 Å². The Labute approximate surface area is 158 Å². The van der Waals surface area contributed by atoms with Crippen molar-refractivity contribution in [3.63, 3.8) is 0 Å². The standard InChI is InChI=1S/C22H21NO4/c1-25-18-11-12-19(26-2)17(15-18)10-13-21(24)23-22(20-9-6-14-27-20)16-7-4-3-5-8-16/h3-15,22H,1-2H3,(H,23,24)/b13-10+/t22-/m1/s1. The monoisotopic (exact) mass is 363 g/mol. The molecule has 3 aromatic rings. The summed E-state index contributed by atoms with van der Waals surface area (Å²) in [4.78, 5) is 12.5. The Hall–Kier alpha value is -3.47. The predicted molar refractivity (Wildman–Crippen MR) is 104 cm³/mol. The molecule has 0 spiro atoms. The molecule has 0 unspecified atom stereocenters. The number of rotatable bonds is 7. The summed E-state index contributed by atoms with van der Waals surface area (Å²) in [7, 11) is 3.18. The zero-order chi connectivity index (χ0) is 19.1. The molecule has 1 aromatic heterocycles. The van der Waals surface area contributed by atoms with Crippen molar-refractivity contribution in [2.45, 2.75) is 6.04 Å². The largest absolute Gasteiger partial charge is 0.497 e. The van der Waals surface area contributed by atoms with Crippen LogP contribution in [0.3, 0.4) is 0 Å². The van der Waals surface area contributed by atoms with Crippen molar-refractivity contribution in [3.05, 3.63) is 89.9 Å². The van der Waals surface area contributed by atoms with Gasteiger partial charge in [0.1, 0.15) is 23.3 Å². The van der Waals surface area contributed by atoms with Crippen LogP contribution in [0.25, 0.3) is 6.08 Å². The molecule has 0 saturated heterocycles. The fraction of sp³-hybridized carbons (Fsp3) is 0.136. The van der Waals surface area contributed by atoms with Gasteiger partial charge in [-0.2, -0.15) is 0 Å². The van der Waals surface area contributed by atoms with Crippen LogP contribution in [0.2, 0.25) is 0 Å². The summed E-state index contributed by atoms with van der Waals surface area (Å²) in [5, 5.41) is 2.98. The maximum atomic E-state index is 12.5. The van der Waals surface area contributed by atoms with Crippen LogP contribution < -0.4 is 14.8 Å². The average Bonchev–Trinajstić information content (AvgIpc) is 3.25. The molecule has 0 aliphatic heterocycles. The highest BCUT2D eigenvalue weighted by atomic mass is 16.5. The summed E-state index contributed by atoms with van der Waals surface area (Å²) >= 11 is 0. The summed E-state index contributed by atoms with van der Waals surface area (Å²) in [5.74, 6) is 1.77. The fourth-order valence-electron chi connectivity index (χ4n) is 2.75. The molecule has 3 rings (SSSR count). The van der Waals surface area contributed by atoms with Crippen molar-refractivity contribution in [2.75, 3.05) is 14.2 Å². The van der Waals surface area contributed by atoms with Gasteiger partial charge in [-0.15, -0.1) is 0 Å². The Bertz CT molecular complexity index is 901. The Kier molecular flexibility index (Phi) is 5.94. The number of furan rings is 1. The van der Waals surface area contributed by atoms with Crippen molar-refractivity contribution < 1.29 is 18.7 Å². The minimum absolute atomic E-state index is 0.245. The topological polar surface area (TPSA) is 60.7 Å². The van der Waals surface area contributed by atoms with Crippen LogP contribution in [0.15, 0.2) is 77.4 Å². The third-order valence-electron chi connectivity index (χ3n) is 4.10. The molecular formula is C22H21NO4. The van der Waals surface area contributed by atoms with Crippen LogP contribution >= 0.6 is 0 Å². The number of ether oxygens (including phenoxy) is 2. The van der Waals surface area contributed by atoms with Crippen LogP contribution in [-0.2, 0) is 4.79 Å². The zero-order valence-electron chi connectivity index (χ0n) is 15.2. The van der Waals surface area contributed by atoms with Gasteiger partial charge in [-0.1, -0.05) is 30.3 Å². The van der Waals surface area contributed by atoms with Gasteiger partial charge in [0, 0.05) is 11.6 Å². The molecule has 1 N–H and O–H groups in total. The molecule has 2 aromatic carbocycles. The predicted octanol–water partition coefficient (Wildman–Crippen LogP) is 4.22. The maximum Gasteiger partial charge on any atom is 0.244 e. The second-order valence-corrected chi connectivity index (χ2v) is 5.81. The van der Waals surface area contributed by atoms with E-state index in [0.29, 0.717) is 17.3 Å². The molecule has 0 radical (unpaired) electrons. The van der Waals surface area contributed by atoms with Gasteiger partial charge < -0.3 is 19.2 Å². The summed E-state index contributed by atoms with van der Waals surface area (Å²) in [6.07, 6.45) is 4.76. The molecule has 1 amide bonds. The second kappa shape index (κ2) is 8.76. The Morgan fingerprint density at radius 2 is 1.85 bits per heavy atom. The first-order valence-electron chi connectivity index (χ1n) is 8.50. The lowest BCUT2D eigenvalue weighted by Gasteiger charge is -2.16. The van der Waals surface area contributed by atoms with Gasteiger partial charge >= 0.3 is 0 Å². The zero-order valence-corrected chi connectivity index (χ0v) is 15.2. The molecule has 27 heavy (non-hydrogen) atoms. The van der Waals surface area contributed by atoms with E-state index in [-0.39, 0.29) is 11.9 Å².